The van der Waals surface area contributed by atoms with Crippen LogP contribution in [0.25, 0.3) is 5.57 Å². The van der Waals surface area contributed by atoms with Gasteiger partial charge in [-0.2, -0.15) is 30.7 Å². The van der Waals surface area contributed by atoms with Gasteiger partial charge in [0.15, 0.2) is 5.60 Å². The second-order valence-electron chi connectivity index (χ2n) is 5.65. The number of halogens is 9. The molecule has 0 amide bonds. The summed E-state index contributed by atoms with van der Waals surface area (Å²) in [6.07, 6.45) is -6.19. The number of hydrogen-bond acceptors (Lipinski definition) is 2. The largest absolute Gasteiger partial charge is 0.478 e. The Morgan fingerprint density at radius 3 is 2.04 bits per heavy atom. The molecule has 0 radical (unpaired) electrons. The van der Waals surface area contributed by atoms with Gasteiger partial charge >= 0.3 is 24.0 Å². The number of fused-ring (bicyclic) bond motifs is 1. The number of carboxylic acid groups (broad SMARTS) is 1. The molecule has 1 heterocycles. The molecule has 0 fully saturated rings. The van der Waals surface area contributed by atoms with Gasteiger partial charge in [-0.05, 0) is 24.3 Å². The first-order valence-corrected chi connectivity index (χ1v) is 6.97. The van der Waals surface area contributed by atoms with Gasteiger partial charge in [-0.1, -0.05) is 0 Å². The lowest BCUT2D eigenvalue weighted by atomic mass is 9.90. The summed E-state index contributed by atoms with van der Waals surface area (Å²) in [5.41, 5.74) is -6.05. The number of rotatable bonds is 5. The van der Waals surface area contributed by atoms with Crippen LogP contribution in [-0.2, 0) is 10.7 Å². The van der Waals surface area contributed by atoms with Gasteiger partial charge in [-0.15, -0.1) is 0 Å². The SMILES string of the molecule is O=C(O)C1=CC(CF)(CF)Oc2ccc(C(F)(F)C(F)(F)C(F)(F)F)cc21. The molecule has 1 aromatic carbocycles. The molecule has 0 saturated carbocycles. The minimum atomic E-state index is -6.59. The maximum absolute atomic E-state index is 13.8. The Morgan fingerprint density at radius 2 is 1.59 bits per heavy atom. The second kappa shape index (κ2) is 6.34. The summed E-state index contributed by atoms with van der Waals surface area (Å²) in [5.74, 6) is -14.8. The van der Waals surface area contributed by atoms with E-state index in [1.54, 1.807) is 0 Å². The predicted molar refractivity (Wildman–Crippen MR) is 72.3 cm³/mol. The van der Waals surface area contributed by atoms with Crippen LogP contribution in [0.2, 0.25) is 0 Å². The third kappa shape index (κ3) is 3.21. The van der Waals surface area contributed by atoms with Crippen molar-refractivity contribution in [1.82, 2.24) is 0 Å². The second-order valence-corrected chi connectivity index (χ2v) is 5.65. The van der Waals surface area contributed by atoms with E-state index >= 15 is 0 Å². The highest BCUT2D eigenvalue weighted by Crippen LogP contribution is 2.52. The van der Waals surface area contributed by atoms with Gasteiger partial charge in [0.1, 0.15) is 19.1 Å². The summed E-state index contributed by atoms with van der Waals surface area (Å²) in [4.78, 5) is 11.3. The van der Waals surface area contributed by atoms with Crippen LogP contribution in [0.15, 0.2) is 24.3 Å². The van der Waals surface area contributed by atoms with Gasteiger partial charge in [-0.3, -0.25) is 0 Å². The van der Waals surface area contributed by atoms with E-state index in [1.165, 1.54) is 0 Å². The lowest BCUT2D eigenvalue weighted by Crippen LogP contribution is -2.50. The number of alkyl halides is 9. The zero-order valence-electron chi connectivity index (χ0n) is 12.9. The number of carboxylic acids is 1. The molecule has 0 bridgehead atoms. The fourth-order valence-corrected chi connectivity index (χ4v) is 2.32. The lowest BCUT2D eigenvalue weighted by Gasteiger charge is -2.33. The molecule has 0 unspecified atom stereocenters. The van der Waals surface area contributed by atoms with Crippen LogP contribution < -0.4 is 4.74 Å². The molecule has 0 atom stereocenters. The highest BCUT2D eigenvalue weighted by atomic mass is 19.4. The zero-order chi connectivity index (χ0) is 20.8. The van der Waals surface area contributed by atoms with Crippen molar-refractivity contribution in [2.24, 2.45) is 0 Å². The van der Waals surface area contributed by atoms with Crippen molar-refractivity contribution < 1.29 is 54.2 Å². The van der Waals surface area contributed by atoms with E-state index in [2.05, 4.69) is 0 Å². The molecule has 0 aromatic heterocycles. The monoisotopic (exact) mass is 408 g/mol. The summed E-state index contributed by atoms with van der Waals surface area (Å²) < 4.78 is 122. The molecule has 0 saturated heterocycles. The Labute approximate surface area is 145 Å². The molecular formula is C15H9F9O3. The van der Waals surface area contributed by atoms with E-state index in [0.29, 0.717) is 12.1 Å². The van der Waals surface area contributed by atoms with Gasteiger partial charge in [-0.25, -0.2) is 13.6 Å². The average molecular weight is 408 g/mol. The average Bonchev–Trinajstić information content (AvgIpc) is 2.58. The van der Waals surface area contributed by atoms with Gasteiger partial charge in [0.2, 0.25) is 0 Å². The van der Waals surface area contributed by atoms with Crippen LogP contribution in [0.5, 0.6) is 5.75 Å². The molecule has 3 nitrogen and oxygen atoms in total. The molecular weight excluding hydrogens is 399 g/mol. The molecule has 12 heteroatoms. The summed E-state index contributed by atoms with van der Waals surface area (Å²) in [6.45, 7) is -3.10. The van der Waals surface area contributed by atoms with Crippen molar-refractivity contribution >= 4 is 11.5 Å². The van der Waals surface area contributed by atoms with Crippen LogP contribution >= 0.6 is 0 Å². The van der Waals surface area contributed by atoms with E-state index in [-0.39, 0.29) is 12.1 Å². The van der Waals surface area contributed by atoms with Crippen molar-refractivity contribution in [3.8, 4) is 5.75 Å². The number of aliphatic carboxylic acids is 1. The van der Waals surface area contributed by atoms with Gasteiger partial charge in [0.05, 0.1) is 5.57 Å². The number of ether oxygens (including phenoxy) is 1. The molecule has 1 N–H and O–H groups in total. The third-order valence-corrected chi connectivity index (χ3v) is 3.79. The van der Waals surface area contributed by atoms with Crippen molar-refractivity contribution in [3.05, 3.63) is 35.4 Å². The molecule has 1 aromatic rings. The van der Waals surface area contributed by atoms with Gasteiger partial charge in [0, 0.05) is 11.1 Å². The van der Waals surface area contributed by atoms with E-state index in [4.69, 9.17) is 9.84 Å². The Balaban J connectivity index is 2.64. The van der Waals surface area contributed by atoms with Crippen molar-refractivity contribution in [1.29, 1.82) is 0 Å². The molecule has 0 aliphatic carbocycles. The maximum Gasteiger partial charge on any atom is 0.460 e. The number of hydrogen-bond donors (Lipinski definition) is 1. The molecule has 1 aliphatic rings. The summed E-state index contributed by atoms with van der Waals surface area (Å²) in [7, 11) is 0. The van der Waals surface area contributed by atoms with Crippen molar-refractivity contribution in [2.75, 3.05) is 13.3 Å². The van der Waals surface area contributed by atoms with E-state index in [1.807, 2.05) is 0 Å². The molecule has 2 rings (SSSR count). The third-order valence-electron chi connectivity index (χ3n) is 3.79. The summed E-state index contributed by atoms with van der Waals surface area (Å²) in [5, 5.41) is 9.11. The molecule has 27 heavy (non-hydrogen) atoms. The van der Waals surface area contributed by atoms with E-state index in [0.717, 1.165) is 0 Å². The van der Waals surface area contributed by atoms with Gasteiger partial charge in [0.25, 0.3) is 0 Å². The Hall–Kier alpha value is -2.40. The van der Waals surface area contributed by atoms with Crippen LogP contribution in [0.1, 0.15) is 11.1 Å². The topological polar surface area (TPSA) is 46.5 Å². The van der Waals surface area contributed by atoms with E-state index < -0.39 is 65.4 Å². The zero-order valence-corrected chi connectivity index (χ0v) is 12.9. The molecule has 0 spiro atoms. The Bertz CT molecular complexity index is 779. The quantitative estimate of drug-likeness (QED) is 0.730. The van der Waals surface area contributed by atoms with Crippen LogP contribution in [0, 0.1) is 0 Å². The predicted octanol–water partition coefficient (Wildman–Crippen LogP) is 4.51. The normalized spacial score (nSPS) is 17.0. The van der Waals surface area contributed by atoms with Crippen LogP contribution in [0.3, 0.4) is 0 Å². The first kappa shape index (κ1) is 20.9. The molecule has 1 aliphatic heterocycles. The van der Waals surface area contributed by atoms with Crippen LogP contribution in [0.4, 0.5) is 39.5 Å². The lowest BCUT2D eigenvalue weighted by molar-refractivity contribution is -0.359. The maximum atomic E-state index is 13.8. The Morgan fingerprint density at radius 1 is 1.04 bits per heavy atom. The smallest absolute Gasteiger partial charge is 0.460 e. The van der Waals surface area contributed by atoms with Crippen molar-refractivity contribution in [2.45, 2.75) is 23.6 Å². The highest BCUT2D eigenvalue weighted by Gasteiger charge is 2.73. The number of benzene rings is 1. The fraction of sp³-hybridized carbons (Fsp3) is 0.400. The first-order chi connectivity index (χ1) is 12.2. The van der Waals surface area contributed by atoms with E-state index in [9.17, 15) is 44.3 Å². The number of carbonyl (C=O) groups is 1. The minimum Gasteiger partial charge on any atom is -0.478 e. The highest BCUT2D eigenvalue weighted by molar-refractivity contribution is 6.17. The summed E-state index contributed by atoms with van der Waals surface area (Å²) in [6, 6.07) is 0.626. The fourth-order valence-electron chi connectivity index (χ4n) is 2.32. The Kier molecular flexibility index (Phi) is 4.91. The first-order valence-electron chi connectivity index (χ1n) is 6.97. The molecule has 150 valence electrons. The minimum absolute atomic E-state index is 0.0509. The standard InChI is InChI=1S/C15H9F9O3/c16-5-12(6-17)4-9(11(25)26)8-3-7(1-2-10(8)27-12)13(18,19)14(20,21)15(22,23)24/h1-4H,5-6H2,(H,25,26). The summed E-state index contributed by atoms with van der Waals surface area (Å²) >= 11 is 0. The van der Waals surface area contributed by atoms with Crippen LogP contribution in [-0.4, -0.2) is 42.1 Å². The van der Waals surface area contributed by atoms with Gasteiger partial charge < -0.3 is 9.84 Å². The van der Waals surface area contributed by atoms with Crippen molar-refractivity contribution in [3.63, 3.8) is 0 Å².